The van der Waals surface area contributed by atoms with Crippen molar-refractivity contribution in [3.05, 3.63) is 53.6 Å². The van der Waals surface area contributed by atoms with Crippen LogP contribution < -0.4 is 10.6 Å². The number of urea groups is 1. The van der Waals surface area contributed by atoms with E-state index < -0.39 is 6.03 Å². The number of pyridine rings is 2. The zero-order valence-corrected chi connectivity index (χ0v) is 12.6. The lowest BCUT2D eigenvalue weighted by molar-refractivity contribution is 0.251. The Morgan fingerprint density at radius 1 is 1.17 bits per heavy atom. The van der Waals surface area contributed by atoms with Crippen molar-refractivity contribution in [1.82, 2.24) is 30.5 Å². The lowest BCUT2D eigenvalue weighted by Crippen LogP contribution is -2.28. The number of hydrogen-bond donors (Lipinski definition) is 3. The van der Waals surface area contributed by atoms with E-state index in [-0.39, 0.29) is 5.95 Å². The van der Waals surface area contributed by atoms with Crippen LogP contribution in [0.3, 0.4) is 0 Å². The number of aromatic nitrogens is 5. The lowest BCUT2D eigenvalue weighted by Gasteiger charge is -2.05. The molecule has 8 nitrogen and oxygen atoms in total. The normalized spacial score (nSPS) is 10.3. The second kappa shape index (κ2) is 6.84. The third-order valence-corrected chi connectivity index (χ3v) is 3.14. The average Bonchev–Trinajstić information content (AvgIpc) is 3.04. The zero-order valence-electron chi connectivity index (χ0n) is 11.8. The van der Waals surface area contributed by atoms with Gasteiger partial charge < -0.3 is 10.3 Å². The van der Waals surface area contributed by atoms with Crippen molar-refractivity contribution in [1.29, 1.82) is 0 Å². The molecule has 3 aromatic heterocycles. The van der Waals surface area contributed by atoms with E-state index in [1.54, 1.807) is 42.9 Å². The van der Waals surface area contributed by atoms with E-state index in [9.17, 15) is 4.79 Å². The average molecular weight is 330 g/mol. The van der Waals surface area contributed by atoms with Gasteiger partial charge in [0.05, 0.1) is 0 Å². The molecule has 0 unspecified atom stereocenters. The molecule has 0 atom stereocenters. The molecule has 0 aliphatic heterocycles. The molecule has 0 aliphatic rings. The number of nitrogens with zero attached hydrogens (tertiary/aromatic N) is 4. The number of nitrogens with one attached hydrogen (secondary N) is 3. The molecule has 0 aromatic carbocycles. The van der Waals surface area contributed by atoms with Crippen LogP contribution in [0.2, 0.25) is 5.15 Å². The van der Waals surface area contributed by atoms with Gasteiger partial charge in [-0.1, -0.05) is 17.7 Å². The molecule has 3 aromatic rings. The molecule has 3 heterocycles. The molecule has 2 amide bonds. The number of hydrogen-bond acceptors (Lipinski definition) is 5. The zero-order chi connectivity index (χ0) is 16.1. The summed E-state index contributed by atoms with van der Waals surface area (Å²) < 4.78 is 0. The van der Waals surface area contributed by atoms with Crippen molar-refractivity contribution < 1.29 is 4.79 Å². The molecule has 23 heavy (non-hydrogen) atoms. The first-order valence-electron chi connectivity index (χ1n) is 6.69. The number of halogens is 1. The minimum atomic E-state index is -0.405. The molecule has 0 bridgehead atoms. The molecule has 0 radical (unpaired) electrons. The van der Waals surface area contributed by atoms with E-state index in [1.807, 2.05) is 0 Å². The van der Waals surface area contributed by atoms with Gasteiger partial charge in [0.15, 0.2) is 5.82 Å². The third-order valence-electron chi connectivity index (χ3n) is 2.91. The Balaban J connectivity index is 1.56. The van der Waals surface area contributed by atoms with Crippen molar-refractivity contribution in [3.8, 4) is 11.4 Å². The maximum Gasteiger partial charge on any atom is 0.321 e. The molecule has 0 aliphatic carbocycles. The summed E-state index contributed by atoms with van der Waals surface area (Å²) in [6.07, 6.45) is 4.90. The number of anilines is 1. The second-order valence-corrected chi connectivity index (χ2v) is 4.94. The summed E-state index contributed by atoms with van der Waals surface area (Å²) >= 11 is 5.70. The van der Waals surface area contributed by atoms with Gasteiger partial charge >= 0.3 is 6.03 Å². The van der Waals surface area contributed by atoms with Crippen LogP contribution in [0.5, 0.6) is 0 Å². The van der Waals surface area contributed by atoms with E-state index in [4.69, 9.17) is 11.6 Å². The summed E-state index contributed by atoms with van der Waals surface area (Å²) in [6.45, 7) is 0.321. The SMILES string of the molecule is O=C(NCc1ccc(Cl)nc1)Nc1nnc(-c2ccncc2)[nH]1. The maximum absolute atomic E-state index is 11.8. The van der Waals surface area contributed by atoms with Crippen LogP contribution in [0.4, 0.5) is 10.7 Å². The molecular weight excluding hydrogens is 318 g/mol. The van der Waals surface area contributed by atoms with Gasteiger partial charge in [-0.25, -0.2) is 9.78 Å². The number of carbonyl (C=O) groups excluding carboxylic acids is 1. The van der Waals surface area contributed by atoms with Crippen LogP contribution >= 0.6 is 11.6 Å². The third kappa shape index (κ3) is 4.01. The van der Waals surface area contributed by atoms with Crippen LogP contribution in [-0.4, -0.2) is 31.2 Å². The first-order chi connectivity index (χ1) is 11.2. The summed E-state index contributed by atoms with van der Waals surface area (Å²) in [5.41, 5.74) is 1.66. The van der Waals surface area contributed by atoms with E-state index >= 15 is 0 Å². The molecule has 9 heteroatoms. The number of H-pyrrole nitrogens is 1. The molecule has 116 valence electrons. The second-order valence-electron chi connectivity index (χ2n) is 4.55. The highest BCUT2D eigenvalue weighted by atomic mass is 35.5. The highest BCUT2D eigenvalue weighted by Crippen LogP contribution is 2.14. The van der Waals surface area contributed by atoms with Crippen molar-refractivity contribution >= 4 is 23.6 Å². The molecule has 0 spiro atoms. The Morgan fingerprint density at radius 2 is 2.00 bits per heavy atom. The fraction of sp³-hybridized carbons (Fsp3) is 0.0714. The lowest BCUT2D eigenvalue weighted by atomic mass is 10.3. The Bertz CT molecular complexity index is 788. The van der Waals surface area contributed by atoms with E-state index in [0.717, 1.165) is 11.1 Å². The van der Waals surface area contributed by atoms with Gasteiger partial charge in [0.1, 0.15) is 5.15 Å². The Kier molecular flexibility index (Phi) is 4.44. The van der Waals surface area contributed by atoms with Gasteiger partial charge in [-0.05, 0) is 23.8 Å². The van der Waals surface area contributed by atoms with Crippen molar-refractivity contribution in [2.45, 2.75) is 6.54 Å². The Morgan fingerprint density at radius 3 is 2.74 bits per heavy atom. The molecule has 0 saturated carbocycles. The highest BCUT2D eigenvalue weighted by molar-refractivity contribution is 6.29. The molecular formula is C14H12ClN7O. The standard InChI is InChI=1S/C14H12ClN7O/c15-11-2-1-9(7-17-11)8-18-14(23)20-13-19-12(21-22-13)10-3-5-16-6-4-10/h1-7H,8H2,(H3,18,19,20,21,22,23). The van der Waals surface area contributed by atoms with Gasteiger partial charge in [0, 0.05) is 30.7 Å². The predicted octanol–water partition coefficient (Wildman–Crippen LogP) is 2.24. The van der Waals surface area contributed by atoms with Gasteiger partial charge in [-0.2, -0.15) is 0 Å². The smallest absolute Gasteiger partial charge is 0.321 e. The van der Waals surface area contributed by atoms with Crippen molar-refractivity contribution in [3.63, 3.8) is 0 Å². The van der Waals surface area contributed by atoms with Gasteiger partial charge in [0.25, 0.3) is 0 Å². The fourth-order valence-corrected chi connectivity index (χ4v) is 1.91. The van der Waals surface area contributed by atoms with Crippen molar-refractivity contribution in [2.75, 3.05) is 5.32 Å². The van der Waals surface area contributed by atoms with E-state index in [1.165, 1.54) is 0 Å². The number of aromatic amines is 1. The van der Waals surface area contributed by atoms with Crippen molar-refractivity contribution in [2.24, 2.45) is 0 Å². The molecule has 3 N–H and O–H groups in total. The summed E-state index contributed by atoms with van der Waals surface area (Å²) in [5.74, 6) is 0.799. The van der Waals surface area contributed by atoms with Crippen LogP contribution in [-0.2, 0) is 6.54 Å². The summed E-state index contributed by atoms with van der Waals surface area (Å²) in [5, 5.41) is 13.5. The minimum Gasteiger partial charge on any atom is -0.334 e. The maximum atomic E-state index is 11.8. The van der Waals surface area contributed by atoms with Gasteiger partial charge in [-0.3, -0.25) is 10.3 Å². The Labute approximate surface area is 136 Å². The summed E-state index contributed by atoms with van der Waals surface area (Å²) in [7, 11) is 0. The summed E-state index contributed by atoms with van der Waals surface area (Å²) in [6, 6.07) is 6.62. The summed E-state index contributed by atoms with van der Waals surface area (Å²) in [4.78, 5) is 22.6. The number of carbonyl (C=O) groups is 1. The topological polar surface area (TPSA) is 108 Å². The first kappa shape index (κ1) is 14.9. The quantitative estimate of drug-likeness (QED) is 0.636. The monoisotopic (exact) mass is 329 g/mol. The fourth-order valence-electron chi connectivity index (χ4n) is 1.80. The molecule has 3 rings (SSSR count). The van der Waals surface area contributed by atoms with Crippen LogP contribution in [0.25, 0.3) is 11.4 Å². The van der Waals surface area contributed by atoms with E-state index in [0.29, 0.717) is 17.5 Å². The van der Waals surface area contributed by atoms with Crippen LogP contribution in [0.1, 0.15) is 5.56 Å². The number of rotatable bonds is 4. The minimum absolute atomic E-state index is 0.253. The first-order valence-corrected chi connectivity index (χ1v) is 7.07. The largest absolute Gasteiger partial charge is 0.334 e. The van der Waals surface area contributed by atoms with Gasteiger partial charge in [-0.15, -0.1) is 10.2 Å². The molecule has 0 saturated heterocycles. The van der Waals surface area contributed by atoms with Gasteiger partial charge in [0.2, 0.25) is 5.95 Å². The van der Waals surface area contributed by atoms with Crippen LogP contribution in [0, 0.1) is 0 Å². The Hall–Kier alpha value is -3.00. The predicted molar refractivity (Wildman–Crippen MR) is 84.7 cm³/mol. The van der Waals surface area contributed by atoms with Crippen LogP contribution in [0.15, 0.2) is 42.9 Å². The van der Waals surface area contributed by atoms with E-state index in [2.05, 4.69) is 35.8 Å². The number of amides is 2. The molecule has 0 fully saturated rings. The highest BCUT2D eigenvalue weighted by Gasteiger charge is 2.08.